The number of ether oxygens (including phenoxy) is 3. The molecular formula is C28H27NO6. The number of benzene rings is 3. The van der Waals surface area contributed by atoms with Crippen LogP contribution in [0.3, 0.4) is 0 Å². The molecule has 0 saturated carbocycles. The first kappa shape index (κ1) is 23.9. The van der Waals surface area contributed by atoms with E-state index < -0.39 is 17.7 Å². The molecule has 1 aliphatic heterocycles. The van der Waals surface area contributed by atoms with Crippen LogP contribution < -0.4 is 19.1 Å². The molecule has 0 bridgehead atoms. The number of aliphatic hydroxyl groups excluding tert-OH is 1. The van der Waals surface area contributed by atoms with Crippen molar-refractivity contribution in [3.8, 4) is 17.2 Å². The first-order chi connectivity index (χ1) is 16.8. The van der Waals surface area contributed by atoms with E-state index in [0.717, 1.165) is 11.1 Å². The molecule has 1 saturated heterocycles. The number of methoxy groups -OCH3 is 3. The zero-order chi connectivity index (χ0) is 25.3. The highest BCUT2D eigenvalue weighted by Gasteiger charge is 2.47. The Labute approximate surface area is 204 Å². The molecule has 1 heterocycles. The van der Waals surface area contributed by atoms with E-state index >= 15 is 0 Å². The molecular weight excluding hydrogens is 446 g/mol. The van der Waals surface area contributed by atoms with Gasteiger partial charge < -0.3 is 19.3 Å². The van der Waals surface area contributed by atoms with E-state index in [1.807, 2.05) is 32.0 Å². The summed E-state index contributed by atoms with van der Waals surface area (Å²) >= 11 is 0. The van der Waals surface area contributed by atoms with Crippen molar-refractivity contribution in [2.45, 2.75) is 19.9 Å². The molecule has 3 aromatic rings. The normalized spacial score (nSPS) is 16.9. The highest BCUT2D eigenvalue weighted by atomic mass is 16.5. The summed E-state index contributed by atoms with van der Waals surface area (Å²) in [7, 11) is 4.54. The number of carbonyl (C=O) groups is 2. The Kier molecular flexibility index (Phi) is 6.51. The second-order valence-corrected chi connectivity index (χ2v) is 8.30. The maximum Gasteiger partial charge on any atom is 0.300 e. The van der Waals surface area contributed by atoms with Crippen molar-refractivity contribution in [1.82, 2.24) is 0 Å². The van der Waals surface area contributed by atoms with Gasteiger partial charge in [-0.2, -0.15) is 0 Å². The van der Waals surface area contributed by atoms with Crippen LogP contribution in [0.25, 0.3) is 5.76 Å². The van der Waals surface area contributed by atoms with Gasteiger partial charge in [-0.05, 0) is 60.9 Å². The van der Waals surface area contributed by atoms with Crippen LogP contribution in [-0.2, 0) is 9.59 Å². The number of hydrogen-bond acceptors (Lipinski definition) is 6. The number of carbonyl (C=O) groups excluding carboxylic acids is 2. The van der Waals surface area contributed by atoms with Crippen LogP contribution in [-0.4, -0.2) is 38.1 Å². The SMILES string of the molecule is COc1ccc(C2/C(=C(/O)c3ccc(OC)cc3OC)C(=O)C(=O)N2c2cc(C)ccc2C)cc1. The van der Waals surface area contributed by atoms with E-state index in [1.54, 1.807) is 49.6 Å². The third-order valence-electron chi connectivity index (χ3n) is 6.16. The second kappa shape index (κ2) is 9.54. The van der Waals surface area contributed by atoms with Crippen LogP contribution in [0.4, 0.5) is 5.69 Å². The quantitative estimate of drug-likeness (QED) is 0.310. The number of ketones is 1. The van der Waals surface area contributed by atoms with E-state index in [2.05, 4.69) is 0 Å². The Balaban J connectivity index is 1.98. The lowest BCUT2D eigenvalue weighted by molar-refractivity contribution is -0.132. The molecule has 1 amide bonds. The third kappa shape index (κ3) is 4.21. The number of aryl methyl sites for hydroxylation is 2. The van der Waals surface area contributed by atoms with Gasteiger partial charge in [0, 0.05) is 11.8 Å². The first-order valence-electron chi connectivity index (χ1n) is 11.0. The van der Waals surface area contributed by atoms with Gasteiger partial charge in [-0.1, -0.05) is 24.3 Å². The summed E-state index contributed by atoms with van der Waals surface area (Å²) in [4.78, 5) is 28.3. The van der Waals surface area contributed by atoms with E-state index in [0.29, 0.717) is 28.5 Å². The Bertz CT molecular complexity index is 1330. The van der Waals surface area contributed by atoms with E-state index in [9.17, 15) is 14.7 Å². The predicted octanol–water partition coefficient (Wildman–Crippen LogP) is 4.96. The van der Waals surface area contributed by atoms with Crippen LogP contribution >= 0.6 is 0 Å². The summed E-state index contributed by atoms with van der Waals surface area (Å²) in [5.74, 6) is -0.337. The van der Waals surface area contributed by atoms with Crippen LogP contribution in [0.5, 0.6) is 17.2 Å². The number of nitrogens with zero attached hydrogens (tertiary/aromatic N) is 1. The molecule has 4 rings (SSSR count). The molecule has 0 aliphatic carbocycles. The first-order valence-corrected chi connectivity index (χ1v) is 11.0. The molecule has 1 atom stereocenters. The van der Waals surface area contributed by atoms with Crippen molar-refractivity contribution in [3.05, 3.63) is 88.5 Å². The Morgan fingerprint density at radius 2 is 1.49 bits per heavy atom. The van der Waals surface area contributed by atoms with Gasteiger partial charge in [0.05, 0.1) is 38.5 Å². The van der Waals surface area contributed by atoms with Crippen molar-refractivity contribution in [2.24, 2.45) is 0 Å². The van der Waals surface area contributed by atoms with E-state index in [1.165, 1.54) is 19.1 Å². The van der Waals surface area contributed by atoms with E-state index in [4.69, 9.17) is 14.2 Å². The number of anilines is 1. The van der Waals surface area contributed by atoms with Gasteiger partial charge in [0.1, 0.15) is 23.0 Å². The van der Waals surface area contributed by atoms with Crippen molar-refractivity contribution in [3.63, 3.8) is 0 Å². The van der Waals surface area contributed by atoms with Crippen molar-refractivity contribution >= 4 is 23.1 Å². The van der Waals surface area contributed by atoms with Crippen molar-refractivity contribution in [1.29, 1.82) is 0 Å². The molecule has 0 radical (unpaired) electrons. The molecule has 1 fully saturated rings. The number of rotatable bonds is 6. The average molecular weight is 474 g/mol. The summed E-state index contributed by atoms with van der Waals surface area (Å²) in [6.45, 7) is 3.80. The zero-order valence-electron chi connectivity index (χ0n) is 20.3. The summed E-state index contributed by atoms with van der Waals surface area (Å²) in [6.07, 6.45) is 0. The monoisotopic (exact) mass is 473 g/mol. The van der Waals surface area contributed by atoms with Gasteiger partial charge in [0.25, 0.3) is 11.7 Å². The lowest BCUT2D eigenvalue weighted by Gasteiger charge is -2.27. The van der Waals surface area contributed by atoms with Crippen LogP contribution in [0.15, 0.2) is 66.2 Å². The maximum atomic E-state index is 13.4. The number of aliphatic hydroxyl groups is 1. The second-order valence-electron chi connectivity index (χ2n) is 8.30. The summed E-state index contributed by atoms with van der Waals surface area (Å²) in [5.41, 5.74) is 3.29. The Hall–Kier alpha value is -4.26. The minimum atomic E-state index is -0.854. The Morgan fingerprint density at radius 3 is 2.11 bits per heavy atom. The van der Waals surface area contributed by atoms with Crippen LogP contribution in [0.2, 0.25) is 0 Å². The number of Topliss-reactive ketones (excluding diaryl/α,β-unsaturated/α-hetero) is 1. The van der Waals surface area contributed by atoms with Gasteiger partial charge >= 0.3 is 0 Å². The molecule has 0 spiro atoms. The van der Waals surface area contributed by atoms with Gasteiger partial charge in [-0.3, -0.25) is 14.5 Å². The summed E-state index contributed by atoms with van der Waals surface area (Å²) in [5, 5.41) is 11.4. The smallest absolute Gasteiger partial charge is 0.300 e. The van der Waals surface area contributed by atoms with Gasteiger partial charge in [0.2, 0.25) is 0 Å². The van der Waals surface area contributed by atoms with Gasteiger partial charge in [-0.25, -0.2) is 0 Å². The summed E-state index contributed by atoms with van der Waals surface area (Å²) < 4.78 is 16.0. The molecule has 35 heavy (non-hydrogen) atoms. The van der Waals surface area contributed by atoms with Crippen molar-refractivity contribution < 1.29 is 28.9 Å². The average Bonchev–Trinajstić information content (AvgIpc) is 3.14. The minimum absolute atomic E-state index is 0.0236. The summed E-state index contributed by atoms with van der Waals surface area (Å²) in [6, 6.07) is 16.8. The molecule has 1 unspecified atom stereocenters. The molecule has 0 aromatic heterocycles. The largest absolute Gasteiger partial charge is 0.507 e. The molecule has 1 N–H and O–H groups in total. The van der Waals surface area contributed by atoms with E-state index in [-0.39, 0.29) is 16.9 Å². The minimum Gasteiger partial charge on any atom is -0.507 e. The molecule has 3 aromatic carbocycles. The third-order valence-corrected chi connectivity index (χ3v) is 6.16. The van der Waals surface area contributed by atoms with Crippen molar-refractivity contribution in [2.75, 3.05) is 26.2 Å². The lowest BCUT2D eigenvalue weighted by atomic mass is 9.94. The lowest BCUT2D eigenvalue weighted by Crippen LogP contribution is -2.30. The molecule has 180 valence electrons. The maximum absolute atomic E-state index is 13.4. The number of hydrogen-bond donors (Lipinski definition) is 1. The molecule has 7 nitrogen and oxygen atoms in total. The highest BCUT2D eigenvalue weighted by molar-refractivity contribution is 6.51. The van der Waals surface area contributed by atoms with Gasteiger partial charge in [0.15, 0.2) is 0 Å². The fraction of sp³-hybridized carbons (Fsp3) is 0.214. The molecule has 1 aliphatic rings. The Morgan fingerprint density at radius 1 is 0.829 bits per heavy atom. The fourth-order valence-electron chi connectivity index (χ4n) is 4.30. The van der Waals surface area contributed by atoms with Gasteiger partial charge in [-0.15, -0.1) is 0 Å². The standard InChI is InChI=1S/C28H27NO6/c1-16-6-7-17(2)22(14-16)29-25(18-8-10-19(33-3)11-9-18)24(27(31)28(29)32)26(30)21-13-12-20(34-4)15-23(21)35-5/h6-15,25,30H,1-5H3/b26-24-. The van der Waals surface area contributed by atoms with Crippen LogP contribution in [0, 0.1) is 13.8 Å². The highest BCUT2D eigenvalue weighted by Crippen LogP contribution is 2.44. The van der Waals surface area contributed by atoms with Crippen LogP contribution in [0.1, 0.15) is 28.3 Å². The molecule has 7 heteroatoms. The fourth-order valence-corrected chi connectivity index (χ4v) is 4.30. The number of amides is 1. The topological polar surface area (TPSA) is 85.3 Å². The predicted molar refractivity (Wildman–Crippen MR) is 133 cm³/mol. The zero-order valence-corrected chi connectivity index (χ0v) is 20.3.